The number of aliphatic carboxylic acids is 2. The average Bonchev–Trinajstić information content (AvgIpc) is 3.03. The van der Waals surface area contributed by atoms with Crippen LogP contribution in [0.5, 0.6) is 5.88 Å². The Hall–Kier alpha value is -2.44. The molecule has 0 radical (unpaired) electrons. The van der Waals surface area contributed by atoms with Crippen LogP contribution in [0.3, 0.4) is 0 Å². The first-order valence-corrected chi connectivity index (χ1v) is 8.41. The fraction of sp³-hybridized carbons (Fsp3) is 0.500. The van der Waals surface area contributed by atoms with Crippen molar-refractivity contribution in [2.45, 2.75) is 25.7 Å². The minimum atomic E-state index is -1.82. The maximum atomic E-state index is 9.10. The van der Waals surface area contributed by atoms with Crippen molar-refractivity contribution in [3.05, 3.63) is 11.8 Å². The Bertz CT molecular complexity index is 638. The molecule has 0 bridgehead atoms. The molecule has 2 rings (SSSR count). The Morgan fingerprint density at radius 3 is 2.68 bits per heavy atom. The normalized spacial score (nSPS) is 13.8. The average molecular weight is 367 g/mol. The molecule has 1 aromatic heterocycles. The lowest BCUT2D eigenvalue weighted by Crippen LogP contribution is -2.25. The summed E-state index contributed by atoms with van der Waals surface area (Å²) in [5, 5.41) is 14.8. The zero-order chi connectivity index (χ0) is 18.7. The van der Waals surface area contributed by atoms with Gasteiger partial charge in [-0.05, 0) is 31.9 Å². The summed E-state index contributed by atoms with van der Waals surface area (Å²) in [5.41, 5.74) is 2.13. The summed E-state index contributed by atoms with van der Waals surface area (Å²) in [6.07, 6.45) is 11.3. The van der Waals surface area contributed by atoms with Gasteiger partial charge in [0.05, 0.1) is 18.3 Å². The molecular formula is C16H21N3O5S. The highest BCUT2D eigenvalue weighted by Crippen LogP contribution is 2.27. The number of hydrogen-bond acceptors (Lipinski definition) is 7. The summed E-state index contributed by atoms with van der Waals surface area (Å²) in [6, 6.07) is 0. The monoisotopic (exact) mass is 367 g/mol. The second kappa shape index (κ2) is 11.2. The molecule has 0 spiro atoms. The molecule has 25 heavy (non-hydrogen) atoms. The minimum absolute atomic E-state index is 0.656. The summed E-state index contributed by atoms with van der Waals surface area (Å²) < 4.78 is 14.3. The molecule has 0 aromatic carbocycles. The van der Waals surface area contributed by atoms with Crippen molar-refractivity contribution in [3.63, 3.8) is 0 Å². The van der Waals surface area contributed by atoms with E-state index in [4.69, 9.17) is 31.0 Å². The van der Waals surface area contributed by atoms with E-state index in [2.05, 4.69) is 32.7 Å². The molecule has 0 aliphatic carbocycles. The number of terminal acetylenes is 1. The van der Waals surface area contributed by atoms with Crippen molar-refractivity contribution in [1.82, 2.24) is 13.6 Å². The van der Waals surface area contributed by atoms with Crippen LogP contribution in [0.2, 0.25) is 0 Å². The SMILES string of the molecule is C#CCCCCOc1nsnc1C1=CCCN(C)C1.O=C(O)C(=O)O. The van der Waals surface area contributed by atoms with E-state index in [0.29, 0.717) is 12.5 Å². The molecule has 136 valence electrons. The Morgan fingerprint density at radius 2 is 2.08 bits per heavy atom. The maximum absolute atomic E-state index is 9.10. The second-order valence-corrected chi connectivity index (χ2v) is 5.82. The van der Waals surface area contributed by atoms with E-state index in [-0.39, 0.29) is 0 Å². The lowest BCUT2D eigenvalue weighted by molar-refractivity contribution is -0.159. The van der Waals surface area contributed by atoms with Crippen LogP contribution in [0.1, 0.15) is 31.4 Å². The van der Waals surface area contributed by atoms with Gasteiger partial charge in [-0.3, -0.25) is 0 Å². The van der Waals surface area contributed by atoms with Crippen LogP contribution in [0, 0.1) is 12.3 Å². The summed E-state index contributed by atoms with van der Waals surface area (Å²) in [5.74, 6) is -0.342. The number of ether oxygens (including phenoxy) is 1. The standard InChI is InChI=1S/C14H19N3OS.C2H2O4/c1-3-4-5-6-10-18-14-13(15-19-16-14)12-8-7-9-17(2)11-12;3-1(4)2(5)6/h1,8H,4-7,9-11H2,2H3;(H,3,4)(H,5,6). The van der Waals surface area contributed by atoms with Gasteiger partial charge in [0.2, 0.25) is 0 Å². The third kappa shape index (κ3) is 7.78. The van der Waals surface area contributed by atoms with Crippen LogP contribution >= 0.6 is 11.7 Å². The molecule has 9 heteroatoms. The third-order valence-corrected chi connectivity index (χ3v) is 3.75. The largest absolute Gasteiger partial charge is 0.475 e. The Kier molecular flexibility index (Phi) is 9.21. The van der Waals surface area contributed by atoms with Crippen molar-refractivity contribution in [2.24, 2.45) is 0 Å². The molecule has 8 nitrogen and oxygen atoms in total. The van der Waals surface area contributed by atoms with E-state index in [0.717, 1.165) is 44.5 Å². The number of rotatable bonds is 6. The van der Waals surface area contributed by atoms with Crippen LogP contribution in [-0.2, 0) is 9.59 Å². The van der Waals surface area contributed by atoms with Gasteiger partial charge in [-0.25, -0.2) is 9.59 Å². The van der Waals surface area contributed by atoms with E-state index in [1.54, 1.807) is 0 Å². The van der Waals surface area contributed by atoms with E-state index in [1.807, 2.05) is 0 Å². The van der Waals surface area contributed by atoms with Crippen molar-refractivity contribution in [2.75, 3.05) is 26.7 Å². The molecular weight excluding hydrogens is 346 g/mol. The number of hydrogen-bond donors (Lipinski definition) is 2. The first-order chi connectivity index (χ1) is 12.0. The van der Waals surface area contributed by atoms with Gasteiger partial charge in [0.25, 0.3) is 5.88 Å². The van der Waals surface area contributed by atoms with Crippen molar-refractivity contribution >= 4 is 29.2 Å². The molecule has 1 aromatic rings. The molecule has 2 heterocycles. The molecule has 0 amide bonds. The lowest BCUT2D eigenvalue weighted by Gasteiger charge is -2.22. The van der Waals surface area contributed by atoms with Gasteiger partial charge in [0.1, 0.15) is 5.69 Å². The topological polar surface area (TPSA) is 113 Å². The Labute approximate surface area is 150 Å². The van der Waals surface area contributed by atoms with Crippen LogP contribution in [0.4, 0.5) is 0 Å². The molecule has 0 fully saturated rings. The highest BCUT2D eigenvalue weighted by atomic mass is 32.1. The first-order valence-electron chi connectivity index (χ1n) is 7.68. The van der Waals surface area contributed by atoms with Gasteiger partial charge >= 0.3 is 11.9 Å². The number of likely N-dealkylation sites (N-methyl/N-ethyl adjacent to an activating group) is 1. The second-order valence-electron chi connectivity index (χ2n) is 5.29. The zero-order valence-corrected chi connectivity index (χ0v) is 14.8. The zero-order valence-electron chi connectivity index (χ0n) is 14.0. The molecule has 2 N–H and O–H groups in total. The quantitative estimate of drug-likeness (QED) is 0.443. The fourth-order valence-electron chi connectivity index (χ4n) is 2.03. The minimum Gasteiger partial charge on any atom is -0.475 e. The van der Waals surface area contributed by atoms with Crippen LogP contribution in [-0.4, -0.2) is 62.5 Å². The number of nitrogens with zero attached hydrogens (tertiary/aromatic N) is 3. The van der Waals surface area contributed by atoms with E-state index < -0.39 is 11.9 Å². The smallest absolute Gasteiger partial charge is 0.414 e. The summed E-state index contributed by atoms with van der Waals surface area (Å²) in [7, 11) is 2.12. The summed E-state index contributed by atoms with van der Waals surface area (Å²) >= 11 is 1.21. The highest BCUT2D eigenvalue weighted by molar-refractivity contribution is 6.99. The van der Waals surface area contributed by atoms with Crippen LogP contribution in [0.25, 0.3) is 5.57 Å². The third-order valence-electron chi connectivity index (χ3n) is 3.24. The molecule has 0 saturated heterocycles. The molecule has 1 aliphatic rings. The molecule has 0 atom stereocenters. The summed E-state index contributed by atoms with van der Waals surface area (Å²) in [4.78, 5) is 20.5. The predicted octanol–water partition coefficient (Wildman–Crippen LogP) is 1.59. The van der Waals surface area contributed by atoms with Gasteiger partial charge in [0.15, 0.2) is 0 Å². The first kappa shape index (κ1) is 20.6. The number of carboxylic acids is 2. The predicted molar refractivity (Wildman–Crippen MR) is 93.5 cm³/mol. The number of carboxylic acid groups (broad SMARTS) is 2. The van der Waals surface area contributed by atoms with E-state index in [9.17, 15) is 0 Å². The Morgan fingerprint density at radius 1 is 1.36 bits per heavy atom. The molecule has 0 unspecified atom stereocenters. The number of aromatic nitrogens is 2. The molecule has 1 aliphatic heterocycles. The summed E-state index contributed by atoms with van der Waals surface area (Å²) in [6.45, 7) is 2.67. The van der Waals surface area contributed by atoms with Crippen molar-refractivity contribution < 1.29 is 24.5 Å². The van der Waals surface area contributed by atoms with Gasteiger partial charge < -0.3 is 19.8 Å². The van der Waals surface area contributed by atoms with Crippen molar-refractivity contribution in [3.8, 4) is 18.2 Å². The highest BCUT2D eigenvalue weighted by Gasteiger charge is 2.18. The van der Waals surface area contributed by atoms with E-state index in [1.165, 1.54) is 17.3 Å². The Balaban J connectivity index is 0.000000450. The van der Waals surface area contributed by atoms with Crippen molar-refractivity contribution in [1.29, 1.82) is 0 Å². The van der Waals surface area contributed by atoms with Crippen LogP contribution < -0.4 is 4.74 Å². The maximum Gasteiger partial charge on any atom is 0.414 e. The van der Waals surface area contributed by atoms with Gasteiger partial charge in [0, 0.05) is 19.5 Å². The molecule has 0 saturated carbocycles. The van der Waals surface area contributed by atoms with Gasteiger partial charge in [-0.15, -0.1) is 16.7 Å². The van der Waals surface area contributed by atoms with E-state index >= 15 is 0 Å². The lowest BCUT2D eigenvalue weighted by atomic mass is 10.1. The fourth-order valence-corrected chi connectivity index (χ4v) is 2.57. The number of carbonyl (C=O) groups is 2. The van der Waals surface area contributed by atoms with Crippen LogP contribution in [0.15, 0.2) is 6.08 Å². The number of unbranched alkanes of at least 4 members (excludes halogenated alkanes) is 2. The van der Waals surface area contributed by atoms with Gasteiger partial charge in [-0.1, -0.05) is 6.08 Å². The van der Waals surface area contributed by atoms with Gasteiger partial charge in [-0.2, -0.15) is 4.37 Å².